The first kappa shape index (κ1) is 15.4. The molecule has 114 valence electrons. The van der Waals surface area contributed by atoms with Crippen molar-refractivity contribution < 1.29 is 22.5 Å². The fourth-order valence-corrected chi connectivity index (χ4v) is 3.84. The smallest absolute Gasteiger partial charge is 0.304 e. The molecule has 1 N–H and O–H groups in total. The van der Waals surface area contributed by atoms with E-state index in [1.54, 1.807) is 0 Å². The van der Waals surface area contributed by atoms with Gasteiger partial charge in [0.25, 0.3) is 5.91 Å². The molecule has 1 aliphatic heterocycles. The summed E-state index contributed by atoms with van der Waals surface area (Å²) < 4.78 is 36.4. The van der Waals surface area contributed by atoms with E-state index < -0.39 is 38.2 Å². The van der Waals surface area contributed by atoms with Crippen molar-refractivity contribution in [3.63, 3.8) is 0 Å². The number of nitrogens with zero attached hydrogens (tertiary/aromatic N) is 1. The second-order valence-electron chi connectivity index (χ2n) is 4.85. The van der Waals surface area contributed by atoms with Gasteiger partial charge in [0.15, 0.2) is 9.84 Å². The summed E-state index contributed by atoms with van der Waals surface area (Å²) in [6, 6.07) is 2.29. The van der Waals surface area contributed by atoms with E-state index in [0.717, 1.165) is 18.2 Å². The van der Waals surface area contributed by atoms with Gasteiger partial charge >= 0.3 is 5.69 Å². The summed E-state index contributed by atoms with van der Waals surface area (Å²) in [5.41, 5.74) is -0.798. The van der Waals surface area contributed by atoms with E-state index in [1.807, 2.05) is 0 Å². The Morgan fingerprint density at radius 1 is 1.43 bits per heavy atom. The van der Waals surface area contributed by atoms with Crippen molar-refractivity contribution >= 4 is 21.4 Å². The molecule has 0 bridgehead atoms. The minimum absolute atomic E-state index is 0.0823. The molecular formula is C12H13FN2O5S. The number of rotatable bonds is 3. The van der Waals surface area contributed by atoms with E-state index in [0.29, 0.717) is 12.8 Å². The third kappa shape index (κ3) is 3.75. The molecule has 1 unspecified atom stereocenters. The van der Waals surface area contributed by atoms with E-state index in [2.05, 4.69) is 5.32 Å². The predicted molar refractivity (Wildman–Crippen MR) is 72.2 cm³/mol. The first-order valence-corrected chi connectivity index (χ1v) is 8.06. The maximum atomic E-state index is 13.4. The molecule has 1 heterocycles. The molecule has 0 spiro atoms. The third-order valence-electron chi connectivity index (χ3n) is 3.20. The lowest BCUT2D eigenvalue weighted by atomic mass is 10.1. The Balaban J connectivity index is 2.10. The summed E-state index contributed by atoms with van der Waals surface area (Å²) in [5.74, 6) is -1.80. The summed E-state index contributed by atoms with van der Waals surface area (Å²) in [4.78, 5) is 21.5. The lowest BCUT2D eigenvalue weighted by Gasteiger charge is -2.22. The maximum Gasteiger partial charge on any atom is 0.304 e. The van der Waals surface area contributed by atoms with Crippen molar-refractivity contribution in [2.45, 2.75) is 18.9 Å². The Morgan fingerprint density at radius 3 is 2.71 bits per heavy atom. The Hall–Kier alpha value is -2.03. The van der Waals surface area contributed by atoms with E-state index in [4.69, 9.17) is 0 Å². The van der Waals surface area contributed by atoms with Gasteiger partial charge in [0.1, 0.15) is 0 Å². The quantitative estimate of drug-likeness (QED) is 0.662. The summed E-state index contributed by atoms with van der Waals surface area (Å²) in [6.07, 6.45) is 0.988. The molecule has 0 radical (unpaired) electrons. The molecule has 1 aromatic rings. The normalized spacial score (nSPS) is 20.7. The van der Waals surface area contributed by atoms with Gasteiger partial charge in [0, 0.05) is 17.7 Å². The van der Waals surface area contributed by atoms with E-state index in [-0.39, 0.29) is 17.1 Å². The molecular weight excluding hydrogens is 303 g/mol. The van der Waals surface area contributed by atoms with Gasteiger partial charge in [-0.05, 0) is 25.0 Å². The first-order chi connectivity index (χ1) is 9.78. The van der Waals surface area contributed by atoms with Crippen LogP contribution in [0.4, 0.5) is 10.1 Å². The van der Waals surface area contributed by atoms with Crippen molar-refractivity contribution in [1.82, 2.24) is 5.32 Å². The van der Waals surface area contributed by atoms with Crippen molar-refractivity contribution in [2.75, 3.05) is 11.5 Å². The number of nitro benzene ring substituents is 1. The second-order valence-corrected chi connectivity index (χ2v) is 7.08. The molecule has 7 nitrogen and oxygen atoms in total. The number of nitrogens with one attached hydrogen (secondary N) is 1. The highest BCUT2D eigenvalue weighted by Gasteiger charge is 2.26. The number of nitro groups is 1. The fourth-order valence-electron chi connectivity index (χ4n) is 2.20. The van der Waals surface area contributed by atoms with Crippen LogP contribution in [0.15, 0.2) is 18.2 Å². The molecule has 1 saturated heterocycles. The Kier molecular flexibility index (Phi) is 4.21. The van der Waals surface area contributed by atoms with Crippen LogP contribution in [-0.2, 0) is 9.84 Å². The lowest BCUT2D eigenvalue weighted by Crippen LogP contribution is -2.43. The molecule has 2 rings (SSSR count). The largest absolute Gasteiger partial charge is 0.348 e. The highest BCUT2D eigenvalue weighted by Crippen LogP contribution is 2.18. The van der Waals surface area contributed by atoms with Gasteiger partial charge in [-0.2, -0.15) is 4.39 Å². The van der Waals surface area contributed by atoms with Crippen LogP contribution in [0.2, 0.25) is 0 Å². The van der Waals surface area contributed by atoms with Crippen molar-refractivity contribution in [2.24, 2.45) is 0 Å². The SMILES string of the molecule is O=C(NC1CCCS(=O)(=O)C1)c1ccc([N+](=O)[O-])c(F)c1. The number of carbonyl (C=O) groups is 1. The highest BCUT2D eigenvalue weighted by atomic mass is 32.2. The number of hydrogen-bond donors (Lipinski definition) is 1. The van der Waals surface area contributed by atoms with Crippen LogP contribution in [0.25, 0.3) is 0 Å². The average molecular weight is 316 g/mol. The van der Waals surface area contributed by atoms with Gasteiger partial charge in [-0.3, -0.25) is 14.9 Å². The zero-order valence-corrected chi connectivity index (χ0v) is 11.7. The summed E-state index contributed by atoms with van der Waals surface area (Å²) in [7, 11) is -3.16. The lowest BCUT2D eigenvalue weighted by molar-refractivity contribution is -0.387. The minimum Gasteiger partial charge on any atom is -0.348 e. The number of sulfone groups is 1. The molecule has 1 atom stereocenters. The summed E-state index contributed by atoms with van der Waals surface area (Å²) in [6.45, 7) is 0. The molecule has 0 saturated carbocycles. The highest BCUT2D eigenvalue weighted by molar-refractivity contribution is 7.91. The molecule has 1 fully saturated rings. The van der Waals surface area contributed by atoms with Crippen molar-refractivity contribution in [1.29, 1.82) is 0 Å². The van der Waals surface area contributed by atoms with E-state index in [1.165, 1.54) is 0 Å². The number of halogens is 1. The number of benzene rings is 1. The third-order valence-corrected chi connectivity index (χ3v) is 5.03. The number of hydrogen-bond acceptors (Lipinski definition) is 5. The fraction of sp³-hybridized carbons (Fsp3) is 0.417. The molecule has 0 aromatic heterocycles. The van der Waals surface area contributed by atoms with Gasteiger partial charge < -0.3 is 5.32 Å². The number of carbonyl (C=O) groups excluding carboxylic acids is 1. The topological polar surface area (TPSA) is 106 Å². The molecule has 1 aromatic carbocycles. The minimum atomic E-state index is -3.16. The Labute approximate surface area is 120 Å². The standard InChI is InChI=1S/C12H13FN2O5S/c13-10-6-8(3-4-11(10)15(17)18)12(16)14-9-2-1-5-21(19,20)7-9/h3-4,6,9H,1-2,5,7H2,(H,14,16). The Bertz CT molecular complexity index is 689. The predicted octanol–water partition coefficient (Wildman–Crippen LogP) is 1.04. The van der Waals surface area contributed by atoms with Crippen LogP contribution in [0.5, 0.6) is 0 Å². The van der Waals surface area contributed by atoms with E-state index >= 15 is 0 Å². The van der Waals surface area contributed by atoms with E-state index in [9.17, 15) is 27.7 Å². The summed E-state index contributed by atoms with van der Waals surface area (Å²) in [5, 5.41) is 13.0. The molecule has 21 heavy (non-hydrogen) atoms. The maximum absolute atomic E-state index is 13.4. The summed E-state index contributed by atoms with van der Waals surface area (Å²) >= 11 is 0. The van der Waals surface area contributed by atoms with Crippen LogP contribution < -0.4 is 5.32 Å². The van der Waals surface area contributed by atoms with Crippen LogP contribution in [0.1, 0.15) is 23.2 Å². The van der Waals surface area contributed by atoms with Crippen LogP contribution in [0.3, 0.4) is 0 Å². The molecule has 0 aliphatic carbocycles. The van der Waals surface area contributed by atoms with Gasteiger partial charge in [0.2, 0.25) is 5.82 Å². The zero-order valence-electron chi connectivity index (χ0n) is 10.9. The van der Waals surface area contributed by atoms with Crippen LogP contribution in [0, 0.1) is 15.9 Å². The van der Waals surface area contributed by atoms with Crippen LogP contribution in [-0.4, -0.2) is 36.8 Å². The number of amides is 1. The second kappa shape index (κ2) is 5.76. The van der Waals surface area contributed by atoms with Crippen molar-refractivity contribution in [3.8, 4) is 0 Å². The van der Waals surface area contributed by atoms with Gasteiger partial charge in [-0.15, -0.1) is 0 Å². The van der Waals surface area contributed by atoms with Gasteiger partial charge in [-0.1, -0.05) is 0 Å². The molecule has 9 heteroatoms. The molecule has 1 aliphatic rings. The monoisotopic (exact) mass is 316 g/mol. The van der Waals surface area contributed by atoms with Gasteiger partial charge in [-0.25, -0.2) is 8.42 Å². The van der Waals surface area contributed by atoms with Crippen LogP contribution >= 0.6 is 0 Å². The molecule has 1 amide bonds. The first-order valence-electron chi connectivity index (χ1n) is 6.24. The average Bonchev–Trinajstić information content (AvgIpc) is 2.36. The zero-order chi connectivity index (χ0) is 15.6. The Morgan fingerprint density at radius 2 is 2.14 bits per heavy atom. The van der Waals surface area contributed by atoms with Crippen molar-refractivity contribution in [3.05, 3.63) is 39.7 Å². The van der Waals surface area contributed by atoms with Gasteiger partial charge in [0.05, 0.1) is 16.4 Å².